The molecule has 0 unspecified atom stereocenters. The molecule has 0 saturated carbocycles. The highest BCUT2D eigenvalue weighted by atomic mass is 35.5. The van der Waals surface area contributed by atoms with E-state index in [1.807, 2.05) is 42.5 Å². The smallest absolute Gasteiger partial charge is 0.167 e. The quantitative estimate of drug-likeness (QED) is 0.414. The summed E-state index contributed by atoms with van der Waals surface area (Å²) in [6.07, 6.45) is 6.69. The molecule has 0 saturated heterocycles. The van der Waals surface area contributed by atoms with Crippen LogP contribution in [0.2, 0.25) is 5.02 Å². The van der Waals surface area contributed by atoms with Crippen molar-refractivity contribution in [1.29, 1.82) is 0 Å². The molecule has 0 aliphatic rings. The van der Waals surface area contributed by atoms with Crippen molar-refractivity contribution < 1.29 is 0 Å². The van der Waals surface area contributed by atoms with Crippen molar-refractivity contribution >= 4 is 45.2 Å². The molecule has 0 aliphatic heterocycles. The number of fused-ring (bicyclic) bond motifs is 1. The van der Waals surface area contributed by atoms with E-state index >= 15 is 0 Å². The van der Waals surface area contributed by atoms with Gasteiger partial charge in [0.2, 0.25) is 0 Å². The van der Waals surface area contributed by atoms with E-state index in [-0.39, 0.29) is 0 Å². The van der Waals surface area contributed by atoms with Crippen LogP contribution in [0.4, 0.5) is 5.82 Å². The standard InChI is InChI=1S/C18H12ClN5S/c19-14-5-1-4-13(7-14)16-8-15-17(25-16)18(22-11-21-15)24-23-10-12-3-2-6-20-9-12/h1-11H,(H,21,22,24). The van der Waals surface area contributed by atoms with Gasteiger partial charge in [0.05, 0.1) is 16.4 Å². The molecule has 5 nitrogen and oxygen atoms in total. The molecule has 3 aromatic heterocycles. The van der Waals surface area contributed by atoms with Crippen molar-refractivity contribution in [2.24, 2.45) is 5.10 Å². The van der Waals surface area contributed by atoms with Crippen LogP contribution < -0.4 is 5.43 Å². The summed E-state index contributed by atoms with van der Waals surface area (Å²) in [5.41, 5.74) is 5.82. The van der Waals surface area contributed by atoms with Crippen molar-refractivity contribution in [3.63, 3.8) is 0 Å². The SMILES string of the molecule is Clc1cccc(-c2cc3ncnc(NN=Cc4cccnc4)c3s2)c1. The number of nitrogens with one attached hydrogen (secondary N) is 1. The highest BCUT2D eigenvalue weighted by molar-refractivity contribution is 7.22. The fourth-order valence-electron chi connectivity index (χ4n) is 2.34. The summed E-state index contributed by atoms with van der Waals surface area (Å²) in [5.74, 6) is 0.670. The average molecular weight is 366 g/mol. The second-order valence-electron chi connectivity index (χ2n) is 5.21. The van der Waals surface area contributed by atoms with Gasteiger partial charge in [-0.3, -0.25) is 10.4 Å². The summed E-state index contributed by atoms with van der Waals surface area (Å²) in [5, 5.41) is 4.95. The maximum absolute atomic E-state index is 6.09. The van der Waals surface area contributed by atoms with E-state index in [9.17, 15) is 0 Å². The largest absolute Gasteiger partial charge is 0.264 e. The molecule has 0 radical (unpaired) electrons. The Morgan fingerprint density at radius 1 is 1.12 bits per heavy atom. The molecule has 4 rings (SSSR count). The minimum absolute atomic E-state index is 0.670. The van der Waals surface area contributed by atoms with Crippen LogP contribution in [0.5, 0.6) is 0 Å². The summed E-state index contributed by atoms with van der Waals surface area (Å²) in [6.45, 7) is 0. The zero-order chi connectivity index (χ0) is 17.1. The van der Waals surface area contributed by atoms with Crippen molar-refractivity contribution in [3.8, 4) is 10.4 Å². The fourth-order valence-corrected chi connectivity index (χ4v) is 3.58. The first-order valence-corrected chi connectivity index (χ1v) is 8.68. The van der Waals surface area contributed by atoms with Crippen LogP contribution in [0.25, 0.3) is 20.7 Å². The van der Waals surface area contributed by atoms with E-state index in [1.165, 1.54) is 6.33 Å². The van der Waals surface area contributed by atoms with Gasteiger partial charge in [0.15, 0.2) is 5.82 Å². The lowest BCUT2D eigenvalue weighted by molar-refractivity contribution is 1.19. The van der Waals surface area contributed by atoms with Gasteiger partial charge in [0, 0.05) is 27.9 Å². The minimum Gasteiger partial charge on any atom is -0.264 e. The Morgan fingerprint density at radius 3 is 2.92 bits per heavy atom. The number of thiophene rings is 1. The maximum atomic E-state index is 6.09. The number of aromatic nitrogens is 3. The van der Waals surface area contributed by atoms with Crippen LogP contribution in [0.15, 0.2) is 66.3 Å². The Balaban J connectivity index is 1.65. The van der Waals surface area contributed by atoms with Gasteiger partial charge in [-0.05, 0) is 29.8 Å². The van der Waals surface area contributed by atoms with Crippen LogP contribution >= 0.6 is 22.9 Å². The normalized spacial score (nSPS) is 11.2. The molecule has 25 heavy (non-hydrogen) atoms. The molecular formula is C18H12ClN5S. The number of pyridine rings is 1. The van der Waals surface area contributed by atoms with E-state index in [2.05, 4.69) is 25.5 Å². The van der Waals surface area contributed by atoms with E-state index in [0.717, 1.165) is 26.2 Å². The van der Waals surface area contributed by atoms with Gasteiger partial charge in [-0.15, -0.1) is 11.3 Å². The van der Waals surface area contributed by atoms with E-state index in [0.29, 0.717) is 10.8 Å². The molecule has 0 bridgehead atoms. The van der Waals surface area contributed by atoms with Gasteiger partial charge in [-0.1, -0.05) is 29.8 Å². The molecule has 3 heterocycles. The Hall–Kier alpha value is -2.83. The number of rotatable bonds is 4. The number of halogens is 1. The first-order chi connectivity index (χ1) is 12.3. The molecule has 0 fully saturated rings. The second kappa shape index (κ2) is 6.96. The topological polar surface area (TPSA) is 63.1 Å². The van der Waals surface area contributed by atoms with Gasteiger partial charge < -0.3 is 0 Å². The first kappa shape index (κ1) is 15.7. The predicted octanol–water partition coefficient (Wildman–Crippen LogP) is 4.85. The second-order valence-corrected chi connectivity index (χ2v) is 6.70. The highest BCUT2D eigenvalue weighted by Crippen LogP contribution is 2.36. The van der Waals surface area contributed by atoms with Gasteiger partial charge in [-0.25, -0.2) is 9.97 Å². The number of benzene rings is 1. The van der Waals surface area contributed by atoms with Crippen molar-refractivity contribution in [3.05, 3.63) is 71.8 Å². The lowest BCUT2D eigenvalue weighted by Crippen LogP contribution is -1.94. The van der Waals surface area contributed by atoms with Crippen molar-refractivity contribution in [2.45, 2.75) is 0 Å². The predicted molar refractivity (Wildman–Crippen MR) is 103 cm³/mol. The van der Waals surface area contributed by atoms with Gasteiger partial charge in [0.25, 0.3) is 0 Å². The summed E-state index contributed by atoms with van der Waals surface area (Å²) >= 11 is 7.69. The third-order valence-corrected chi connectivity index (χ3v) is 4.90. The van der Waals surface area contributed by atoms with Crippen LogP contribution in [0.1, 0.15) is 5.56 Å². The highest BCUT2D eigenvalue weighted by Gasteiger charge is 2.10. The van der Waals surface area contributed by atoms with Crippen molar-refractivity contribution in [2.75, 3.05) is 5.43 Å². The molecule has 1 N–H and O–H groups in total. The fraction of sp³-hybridized carbons (Fsp3) is 0. The molecule has 4 aromatic rings. The Bertz CT molecular complexity index is 1050. The Morgan fingerprint density at radius 2 is 2.08 bits per heavy atom. The molecule has 0 spiro atoms. The van der Waals surface area contributed by atoms with E-state index in [1.54, 1.807) is 29.9 Å². The van der Waals surface area contributed by atoms with Gasteiger partial charge in [0.1, 0.15) is 6.33 Å². The van der Waals surface area contributed by atoms with E-state index < -0.39 is 0 Å². The monoisotopic (exact) mass is 365 g/mol. The van der Waals surface area contributed by atoms with Gasteiger partial charge >= 0.3 is 0 Å². The Labute approximate surface area is 153 Å². The van der Waals surface area contributed by atoms with E-state index in [4.69, 9.17) is 11.6 Å². The van der Waals surface area contributed by atoms with Crippen LogP contribution in [-0.2, 0) is 0 Å². The minimum atomic E-state index is 0.670. The van der Waals surface area contributed by atoms with Gasteiger partial charge in [-0.2, -0.15) is 5.10 Å². The maximum Gasteiger partial charge on any atom is 0.167 e. The first-order valence-electron chi connectivity index (χ1n) is 7.49. The number of hydrazone groups is 1. The summed E-state index contributed by atoms with van der Waals surface area (Å²) < 4.78 is 0.945. The number of anilines is 1. The molecule has 1 aromatic carbocycles. The zero-order valence-corrected chi connectivity index (χ0v) is 14.5. The summed E-state index contributed by atoms with van der Waals surface area (Å²) in [7, 11) is 0. The van der Waals surface area contributed by atoms with Crippen molar-refractivity contribution in [1.82, 2.24) is 15.0 Å². The number of hydrogen-bond acceptors (Lipinski definition) is 6. The third kappa shape index (κ3) is 3.50. The van der Waals surface area contributed by atoms with Crippen LogP contribution in [0.3, 0.4) is 0 Å². The molecule has 0 amide bonds. The molecule has 122 valence electrons. The Kier molecular flexibility index (Phi) is 4.37. The number of nitrogens with zero attached hydrogens (tertiary/aromatic N) is 4. The molecule has 7 heteroatoms. The average Bonchev–Trinajstić information content (AvgIpc) is 3.08. The molecular weight excluding hydrogens is 354 g/mol. The van der Waals surface area contributed by atoms with Crippen LogP contribution in [0, 0.1) is 0 Å². The zero-order valence-electron chi connectivity index (χ0n) is 12.9. The summed E-state index contributed by atoms with van der Waals surface area (Å²) in [6, 6.07) is 13.6. The van der Waals surface area contributed by atoms with Crippen LogP contribution in [-0.4, -0.2) is 21.2 Å². The lowest BCUT2D eigenvalue weighted by atomic mass is 10.2. The third-order valence-electron chi connectivity index (χ3n) is 3.49. The summed E-state index contributed by atoms with van der Waals surface area (Å²) in [4.78, 5) is 13.8. The molecule has 0 atom stereocenters. The number of hydrogen-bond donors (Lipinski definition) is 1. The molecule has 0 aliphatic carbocycles. The lowest BCUT2D eigenvalue weighted by Gasteiger charge is -1.99.